The van der Waals surface area contributed by atoms with E-state index < -0.39 is 18.2 Å². The van der Waals surface area contributed by atoms with Crippen LogP contribution in [0.5, 0.6) is 0 Å². The first-order chi connectivity index (χ1) is 18.4. The van der Waals surface area contributed by atoms with Crippen LogP contribution in [0.3, 0.4) is 0 Å². The van der Waals surface area contributed by atoms with Crippen LogP contribution in [0.4, 0.5) is 0 Å². The lowest BCUT2D eigenvalue weighted by atomic mass is 9.99. The molecule has 5 nitrogen and oxygen atoms in total. The third kappa shape index (κ3) is 5.02. The Morgan fingerprint density at radius 3 is 2.08 bits per heavy atom. The van der Waals surface area contributed by atoms with Gasteiger partial charge in [0.1, 0.15) is 0 Å². The highest BCUT2D eigenvalue weighted by Crippen LogP contribution is 2.39. The Morgan fingerprint density at radius 1 is 0.974 bits per heavy atom. The molecular weight excluding hydrogens is 521 g/mol. The van der Waals surface area contributed by atoms with Crippen molar-refractivity contribution < 1.29 is 12.8 Å². The normalized spacial score (nSPS) is 16.5. The zero-order valence-electron chi connectivity index (χ0n) is 23.9. The summed E-state index contributed by atoms with van der Waals surface area (Å²) in [5.41, 5.74) is 2.91. The molecule has 39 heavy (non-hydrogen) atoms. The minimum Gasteiger partial charge on any atom is -0.403 e. The topological polar surface area (TPSA) is 60.3 Å². The molecule has 0 amide bonds. The fraction of sp³-hybridized carbons (Fsp3) is 0.375. The molecule has 0 fully saturated rings. The maximum Gasteiger partial charge on any atom is 0.261 e. The van der Waals surface area contributed by atoms with Crippen LogP contribution in [0.1, 0.15) is 51.9 Å². The van der Waals surface area contributed by atoms with E-state index in [4.69, 9.17) is 4.43 Å². The summed E-state index contributed by atoms with van der Waals surface area (Å²) in [4.78, 5) is 0.355. The first kappa shape index (κ1) is 27.8. The van der Waals surface area contributed by atoms with E-state index in [9.17, 15) is 8.42 Å². The summed E-state index contributed by atoms with van der Waals surface area (Å²) in [5.74, 6) is 0.431. The summed E-state index contributed by atoms with van der Waals surface area (Å²) >= 11 is 0. The summed E-state index contributed by atoms with van der Waals surface area (Å²) < 4.78 is 35.8. The summed E-state index contributed by atoms with van der Waals surface area (Å²) in [5, 5.41) is 6.85. The average molecular weight is 561 g/mol. The zero-order chi connectivity index (χ0) is 28.0. The van der Waals surface area contributed by atoms with Gasteiger partial charge in [-0.05, 0) is 45.1 Å². The van der Waals surface area contributed by atoms with E-state index in [0.29, 0.717) is 10.8 Å². The minimum atomic E-state index is -3.49. The second-order valence-electron chi connectivity index (χ2n) is 12.1. The molecule has 0 bridgehead atoms. The molecule has 2 heterocycles. The van der Waals surface area contributed by atoms with Crippen LogP contribution in [0.2, 0.25) is 5.04 Å². The molecule has 0 radical (unpaired) electrons. The van der Waals surface area contributed by atoms with Crippen LogP contribution in [-0.4, -0.2) is 34.1 Å². The predicted molar refractivity (Wildman–Crippen MR) is 163 cm³/mol. The highest BCUT2D eigenvalue weighted by atomic mass is 32.2. The van der Waals surface area contributed by atoms with Crippen LogP contribution in [0.25, 0.3) is 10.9 Å². The lowest BCUT2D eigenvalue weighted by Crippen LogP contribution is -2.66. The molecule has 0 saturated carbocycles. The largest absolute Gasteiger partial charge is 0.403 e. The number of aromatic nitrogens is 1. The van der Waals surface area contributed by atoms with Gasteiger partial charge in [0.2, 0.25) is 0 Å². The number of sulfone groups is 1. The molecule has 1 atom stereocenters. The van der Waals surface area contributed by atoms with Gasteiger partial charge in [-0.2, -0.15) is 0 Å². The number of nitrogens with zero attached hydrogens (tertiary/aromatic N) is 1. The Hall–Kier alpha value is -2.71. The maximum atomic E-state index is 13.2. The van der Waals surface area contributed by atoms with E-state index in [1.165, 1.54) is 22.3 Å². The maximum absolute atomic E-state index is 13.2. The van der Waals surface area contributed by atoms with Gasteiger partial charge in [-0.25, -0.2) is 8.42 Å². The lowest BCUT2D eigenvalue weighted by Gasteiger charge is -2.43. The van der Waals surface area contributed by atoms with Crippen molar-refractivity contribution in [2.45, 2.75) is 63.7 Å². The van der Waals surface area contributed by atoms with Crippen LogP contribution in [0, 0.1) is 5.92 Å². The third-order valence-electron chi connectivity index (χ3n) is 8.06. The first-order valence-corrected chi connectivity index (χ1v) is 17.6. The van der Waals surface area contributed by atoms with Crippen LogP contribution in [-0.2, 0) is 27.4 Å². The molecule has 1 aromatic heterocycles. The predicted octanol–water partition coefficient (Wildman–Crippen LogP) is 5.42. The smallest absolute Gasteiger partial charge is 0.261 e. The van der Waals surface area contributed by atoms with Crippen molar-refractivity contribution in [2.75, 3.05) is 12.8 Å². The quantitative estimate of drug-likeness (QED) is 0.307. The molecule has 1 aliphatic heterocycles. The van der Waals surface area contributed by atoms with E-state index >= 15 is 0 Å². The van der Waals surface area contributed by atoms with Crippen molar-refractivity contribution in [3.63, 3.8) is 0 Å². The van der Waals surface area contributed by atoms with Crippen molar-refractivity contribution >= 4 is 39.4 Å². The van der Waals surface area contributed by atoms with Gasteiger partial charge >= 0.3 is 0 Å². The number of hydrogen-bond donors (Lipinski definition) is 1. The van der Waals surface area contributed by atoms with Gasteiger partial charge in [0, 0.05) is 42.0 Å². The van der Waals surface area contributed by atoms with E-state index in [-0.39, 0.29) is 17.7 Å². The van der Waals surface area contributed by atoms with Gasteiger partial charge in [-0.15, -0.1) is 0 Å². The molecule has 0 aliphatic carbocycles. The first-order valence-electron chi connectivity index (χ1n) is 13.8. The van der Waals surface area contributed by atoms with E-state index in [0.717, 1.165) is 29.6 Å². The highest BCUT2D eigenvalue weighted by Gasteiger charge is 2.50. The molecule has 1 aliphatic rings. The number of rotatable bonds is 7. The Balaban J connectivity index is 1.67. The molecule has 0 saturated heterocycles. The summed E-state index contributed by atoms with van der Waals surface area (Å²) in [7, 11) is -6.31. The SMILES string of the molecule is CC(C)[C@H]1NCCn2c1cc1cc(CO[Si](c3ccccc3)(c3ccccc3)C(C)(C)C)c(S(C)(=O)=O)cc12. The van der Waals surface area contributed by atoms with Gasteiger partial charge in [0.05, 0.1) is 11.5 Å². The third-order valence-corrected chi connectivity index (χ3v) is 14.2. The van der Waals surface area contributed by atoms with E-state index in [1.807, 2.05) is 24.3 Å². The van der Waals surface area contributed by atoms with Crippen molar-refractivity contribution in [1.82, 2.24) is 9.88 Å². The molecule has 7 heteroatoms. The monoisotopic (exact) mass is 560 g/mol. The van der Waals surface area contributed by atoms with Crippen molar-refractivity contribution in [2.24, 2.45) is 5.92 Å². The molecule has 4 aromatic rings. The Kier molecular flexibility index (Phi) is 7.39. The lowest BCUT2D eigenvalue weighted by molar-refractivity contribution is 0.283. The standard InChI is InChI=1S/C32H40N2O3SSi/c1-23(2)31-29-20-24-19-25(30(38(6,35)36)21-28(24)34(29)18-17-33-31)22-37-39(32(3,4)5,26-13-9-7-10-14-26)27-15-11-8-12-16-27/h7-16,19-21,23,31,33H,17-18,22H2,1-6H3/t31-/m1/s1. The Bertz CT molecular complexity index is 1530. The summed E-state index contributed by atoms with van der Waals surface area (Å²) in [6.45, 7) is 13.1. The Morgan fingerprint density at radius 2 is 1.56 bits per heavy atom. The second-order valence-corrected chi connectivity index (χ2v) is 18.4. The van der Waals surface area contributed by atoms with E-state index in [2.05, 4.69) is 99.1 Å². The van der Waals surface area contributed by atoms with Crippen molar-refractivity contribution in [1.29, 1.82) is 0 Å². The van der Waals surface area contributed by atoms with Crippen LogP contribution in [0.15, 0.2) is 83.8 Å². The van der Waals surface area contributed by atoms with Crippen molar-refractivity contribution in [3.05, 3.63) is 90.1 Å². The fourth-order valence-corrected chi connectivity index (χ4v) is 11.7. The summed E-state index contributed by atoms with van der Waals surface area (Å²) in [6.07, 6.45) is 1.30. The molecule has 5 rings (SSSR count). The second kappa shape index (κ2) is 10.4. The van der Waals surface area contributed by atoms with Gasteiger partial charge in [0.25, 0.3) is 8.32 Å². The average Bonchev–Trinajstić information content (AvgIpc) is 3.26. The van der Waals surface area contributed by atoms with Gasteiger partial charge in [0.15, 0.2) is 9.84 Å². The van der Waals surface area contributed by atoms with Gasteiger partial charge in [-0.3, -0.25) is 0 Å². The van der Waals surface area contributed by atoms with Gasteiger partial charge in [-0.1, -0.05) is 95.3 Å². The van der Waals surface area contributed by atoms with Gasteiger partial charge < -0.3 is 14.3 Å². The molecular formula is C32H40N2O3SSi. The van der Waals surface area contributed by atoms with E-state index in [1.54, 1.807) is 0 Å². The summed E-state index contributed by atoms with van der Waals surface area (Å²) in [6, 6.07) is 27.3. The van der Waals surface area contributed by atoms with Crippen LogP contribution < -0.4 is 15.7 Å². The number of benzene rings is 3. The molecule has 3 aromatic carbocycles. The highest BCUT2D eigenvalue weighted by molar-refractivity contribution is 7.90. The molecule has 0 unspecified atom stereocenters. The van der Waals surface area contributed by atoms with Crippen LogP contribution >= 0.6 is 0 Å². The zero-order valence-corrected chi connectivity index (χ0v) is 25.7. The minimum absolute atomic E-state index is 0.198. The number of nitrogens with one attached hydrogen (secondary N) is 1. The number of fused-ring (bicyclic) bond motifs is 3. The molecule has 0 spiro atoms. The Labute approximate surface area is 234 Å². The molecule has 1 N–H and O–H groups in total. The number of hydrogen-bond acceptors (Lipinski definition) is 4. The van der Waals surface area contributed by atoms with Crippen molar-refractivity contribution in [3.8, 4) is 0 Å². The fourth-order valence-electron chi connectivity index (χ4n) is 6.29. The molecule has 206 valence electrons.